The maximum atomic E-state index is 11.3. The van der Waals surface area contributed by atoms with E-state index < -0.39 is 6.61 Å². The lowest BCUT2D eigenvalue weighted by molar-refractivity contribution is -0.125. The number of carbonyl (C=O) groups is 1. The van der Waals surface area contributed by atoms with Crippen LogP contribution in [0.5, 0.6) is 5.75 Å². The number of benzene rings is 2. The van der Waals surface area contributed by atoms with E-state index in [0.717, 1.165) is 16.3 Å². The maximum Gasteiger partial charge on any atom is 0.161 e. The second-order valence-corrected chi connectivity index (χ2v) is 4.60. The van der Waals surface area contributed by atoms with Crippen molar-refractivity contribution in [1.82, 2.24) is 0 Å². The maximum absolute atomic E-state index is 11.3. The first kappa shape index (κ1) is 12.6. The minimum Gasteiger partial charge on any atom is -0.508 e. The number of phenols is 1. The van der Waals surface area contributed by atoms with Gasteiger partial charge in [0.25, 0.3) is 0 Å². The van der Waals surface area contributed by atoms with Crippen LogP contribution in [0.2, 0.25) is 0 Å². The molecule has 94 valence electrons. The van der Waals surface area contributed by atoms with Crippen LogP contribution in [0.3, 0.4) is 0 Å². The predicted molar refractivity (Wildman–Crippen MR) is 70.6 cm³/mol. The molecule has 3 heteroatoms. The largest absolute Gasteiger partial charge is 0.508 e. The van der Waals surface area contributed by atoms with Crippen molar-refractivity contribution in [2.45, 2.75) is 13.3 Å². The number of fused-ring (bicyclic) bond motifs is 1. The molecule has 0 unspecified atom stereocenters. The molecular formula is C15H16O3. The van der Waals surface area contributed by atoms with Crippen molar-refractivity contribution in [3.63, 3.8) is 0 Å². The van der Waals surface area contributed by atoms with E-state index in [1.807, 2.05) is 31.2 Å². The molecule has 2 aromatic rings. The molecule has 0 fully saturated rings. The highest BCUT2D eigenvalue weighted by atomic mass is 16.3. The monoisotopic (exact) mass is 244 g/mol. The first-order valence-corrected chi connectivity index (χ1v) is 5.95. The average Bonchev–Trinajstić information content (AvgIpc) is 2.38. The van der Waals surface area contributed by atoms with Gasteiger partial charge in [0.1, 0.15) is 12.4 Å². The van der Waals surface area contributed by atoms with Gasteiger partial charge in [-0.15, -0.1) is 0 Å². The zero-order valence-electron chi connectivity index (χ0n) is 10.3. The summed E-state index contributed by atoms with van der Waals surface area (Å²) in [5.74, 6) is -0.0653. The summed E-state index contributed by atoms with van der Waals surface area (Å²) in [5.41, 5.74) is 1.06. The summed E-state index contributed by atoms with van der Waals surface area (Å²) >= 11 is 0. The first-order chi connectivity index (χ1) is 8.60. The highest BCUT2D eigenvalue weighted by Crippen LogP contribution is 2.22. The third-order valence-corrected chi connectivity index (χ3v) is 3.14. The molecule has 0 aromatic heterocycles. The number of ketones is 1. The lowest BCUT2D eigenvalue weighted by Gasteiger charge is -2.09. The van der Waals surface area contributed by atoms with Gasteiger partial charge in [0.05, 0.1) is 0 Å². The number of phenolic OH excluding ortho intramolecular Hbond substituents is 1. The molecule has 2 aromatic carbocycles. The van der Waals surface area contributed by atoms with Crippen molar-refractivity contribution >= 4 is 16.6 Å². The zero-order chi connectivity index (χ0) is 13.1. The Balaban J connectivity index is 2.25. The van der Waals surface area contributed by atoms with Crippen LogP contribution in [-0.4, -0.2) is 22.6 Å². The highest BCUT2D eigenvalue weighted by Gasteiger charge is 2.12. The summed E-state index contributed by atoms with van der Waals surface area (Å²) in [6, 6.07) is 11.1. The molecule has 0 aliphatic heterocycles. The number of carbonyl (C=O) groups excluding carboxylic acids is 1. The average molecular weight is 244 g/mol. The van der Waals surface area contributed by atoms with Crippen LogP contribution in [0, 0.1) is 5.92 Å². The molecule has 0 amide bonds. The van der Waals surface area contributed by atoms with Gasteiger partial charge in [-0.2, -0.15) is 0 Å². The van der Waals surface area contributed by atoms with Gasteiger partial charge >= 0.3 is 0 Å². The topological polar surface area (TPSA) is 57.5 Å². The van der Waals surface area contributed by atoms with Gasteiger partial charge < -0.3 is 10.2 Å². The molecule has 1 atom stereocenters. The third kappa shape index (κ3) is 2.68. The predicted octanol–water partition coefficient (Wildman–Crippen LogP) is 2.29. The Morgan fingerprint density at radius 3 is 2.56 bits per heavy atom. The molecule has 2 N–H and O–H groups in total. The van der Waals surface area contributed by atoms with E-state index >= 15 is 0 Å². The zero-order valence-corrected chi connectivity index (χ0v) is 10.3. The van der Waals surface area contributed by atoms with Crippen LogP contribution < -0.4 is 0 Å². The first-order valence-electron chi connectivity index (χ1n) is 5.95. The van der Waals surface area contributed by atoms with E-state index in [1.165, 1.54) is 0 Å². The Bertz CT molecular complexity index is 575. The van der Waals surface area contributed by atoms with E-state index in [4.69, 9.17) is 5.11 Å². The molecule has 3 nitrogen and oxygen atoms in total. The summed E-state index contributed by atoms with van der Waals surface area (Å²) in [6.45, 7) is 1.42. The molecule has 0 saturated carbocycles. The van der Waals surface area contributed by atoms with Crippen LogP contribution in [0.1, 0.15) is 12.5 Å². The molecule has 0 aliphatic carbocycles. The summed E-state index contributed by atoms with van der Waals surface area (Å²) in [5, 5.41) is 20.2. The molecule has 0 heterocycles. The fourth-order valence-corrected chi connectivity index (χ4v) is 2.03. The molecule has 0 saturated heterocycles. The molecule has 0 radical (unpaired) electrons. The minimum atomic E-state index is -0.400. The normalized spacial score (nSPS) is 12.6. The number of rotatable bonds is 4. The van der Waals surface area contributed by atoms with Crippen molar-refractivity contribution < 1.29 is 15.0 Å². The number of Topliss-reactive ketones (excluding diaryl/α,β-unsaturated/α-hetero) is 1. The minimum absolute atomic E-state index is 0.138. The fourth-order valence-electron chi connectivity index (χ4n) is 2.03. The quantitative estimate of drug-likeness (QED) is 0.867. The number of aliphatic hydroxyl groups excluding tert-OH is 1. The van der Waals surface area contributed by atoms with Crippen molar-refractivity contribution in [1.29, 1.82) is 0 Å². The molecule has 18 heavy (non-hydrogen) atoms. The SMILES string of the molecule is C[C@@H](Cc1ccc2cc(O)ccc2c1)C(=O)CO. The number of aromatic hydroxyl groups is 1. The van der Waals surface area contributed by atoms with Crippen molar-refractivity contribution in [2.24, 2.45) is 5.92 Å². The van der Waals surface area contributed by atoms with Crippen molar-refractivity contribution in [2.75, 3.05) is 6.61 Å². The second-order valence-electron chi connectivity index (χ2n) is 4.60. The van der Waals surface area contributed by atoms with Crippen LogP contribution in [0.4, 0.5) is 0 Å². The Morgan fingerprint density at radius 1 is 1.17 bits per heavy atom. The van der Waals surface area contributed by atoms with Gasteiger partial charge in [-0.3, -0.25) is 4.79 Å². The second kappa shape index (κ2) is 5.19. The van der Waals surface area contributed by atoms with E-state index in [-0.39, 0.29) is 17.5 Å². The summed E-state index contributed by atoms with van der Waals surface area (Å²) in [7, 11) is 0. The Morgan fingerprint density at radius 2 is 1.83 bits per heavy atom. The third-order valence-electron chi connectivity index (χ3n) is 3.14. The van der Waals surface area contributed by atoms with Crippen LogP contribution >= 0.6 is 0 Å². The van der Waals surface area contributed by atoms with Crippen LogP contribution in [-0.2, 0) is 11.2 Å². The lowest BCUT2D eigenvalue weighted by atomic mass is 9.95. The molecule has 2 rings (SSSR count). The number of hydrogen-bond acceptors (Lipinski definition) is 3. The van der Waals surface area contributed by atoms with Gasteiger partial charge in [-0.25, -0.2) is 0 Å². The Kier molecular flexibility index (Phi) is 3.63. The molecule has 0 bridgehead atoms. The molecule has 0 spiro atoms. The van der Waals surface area contributed by atoms with Gasteiger partial charge in [-0.1, -0.05) is 31.2 Å². The summed E-state index contributed by atoms with van der Waals surface area (Å²) in [4.78, 5) is 11.3. The number of hydrogen-bond donors (Lipinski definition) is 2. The van der Waals surface area contributed by atoms with Gasteiger partial charge in [0.15, 0.2) is 5.78 Å². The Hall–Kier alpha value is -1.87. The Labute approximate surface area is 106 Å². The van der Waals surface area contributed by atoms with Crippen molar-refractivity contribution in [3.8, 4) is 5.75 Å². The van der Waals surface area contributed by atoms with E-state index in [1.54, 1.807) is 12.1 Å². The summed E-state index contributed by atoms with van der Waals surface area (Å²) in [6.07, 6.45) is 0.621. The standard InChI is InChI=1S/C15H16O3/c1-10(15(18)9-16)6-11-2-3-13-8-14(17)5-4-12(13)7-11/h2-5,7-8,10,16-17H,6,9H2,1H3/t10-/m0/s1. The van der Waals surface area contributed by atoms with Crippen LogP contribution in [0.25, 0.3) is 10.8 Å². The highest BCUT2D eigenvalue weighted by molar-refractivity contribution is 5.85. The number of aliphatic hydroxyl groups is 1. The fraction of sp³-hybridized carbons (Fsp3) is 0.267. The van der Waals surface area contributed by atoms with Gasteiger partial charge in [0, 0.05) is 5.92 Å². The smallest absolute Gasteiger partial charge is 0.161 e. The van der Waals surface area contributed by atoms with Gasteiger partial charge in [0.2, 0.25) is 0 Å². The van der Waals surface area contributed by atoms with E-state index in [2.05, 4.69) is 0 Å². The van der Waals surface area contributed by atoms with E-state index in [0.29, 0.717) is 6.42 Å². The van der Waals surface area contributed by atoms with Crippen molar-refractivity contribution in [3.05, 3.63) is 42.0 Å². The molecular weight excluding hydrogens is 228 g/mol. The molecule has 0 aliphatic rings. The van der Waals surface area contributed by atoms with Crippen LogP contribution in [0.15, 0.2) is 36.4 Å². The van der Waals surface area contributed by atoms with E-state index in [9.17, 15) is 9.90 Å². The van der Waals surface area contributed by atoms with Gasteiger partial charge in [-0.05, 0) is 34.9 Å². The summed E-state index contributed by atoms with van der Waals surface area (Å²) < 4.78 is 0. The lowest BCUT2D eigenvalue weighted by Crippen LogP contribution is -2.17.